The van der Waals surface area contributed by atoms with Crippen molar-refractivity contribution in [3.05, 3.63) is 24.4 Å². The van der Waals surface area contributed by atoms with E-state index in [-0.39, 0.29) is 0 Å². The number of hydrogen-bond acceptors (Lipinski definition) is 1. The maximum absolute atomic E-state index is 3.85. The smallest absolute Gasteiger partial charge is 0.0263 e. The van der Waals surface area contributed by atoms with Gasteiger partial charge in [0.25, 0.3) is 0 Å². The molecule has 0 aromatic heterocycles. The molecule has 0 saturated heterocycles. The van der Waals surface area contributed by atoms with E-state index in [0.717, 1.165) is 0 Å². The van der Waals surface area contributed by atoms with Gasteiger partial charge in [-0.25, -0.2) is 0 Å². The molecule has 0 aliphatic heterocycles. The quantitative estimate of drug-likeness (QED) is 0.380. The van der Waals surface area contributed by atoms with Crippen molar-refractivity contribution >= 4 is 6.21 Å². The summed E-state index contributed by atoms with van der Waals surface area (Å²) in [6.07, 6.45) is 9.29. The Bertz CT molecular complexity index is 95.6. The second-order valence-corrected chi connectivity index (χ2v) is 1.27. The molecule has 0 fully saturated rings. The molecular formula is C7H11N. The lowest BCUT2D eigenvalue weighted by Crippen LogP contribution is -1.52. The molecular weight excluding hydrogens is 98.1 g/mol. The van der Waals surface area contributed by atoms with Crippen molar-refractivity contribution in [2.24, 2.45) is 4.99 Å². The molecule has 0 heterocycles. The summed E-state index contributed by atoms with van der Waals surface area (Å²) in [6, 6.07) is 0. The molecule has 0 amide bonds. The van der Waals surface area contributed by atoms with Gasteiger partial charge in [-0.1, -0.05) is 12.2 Å². The average Bonchev–Trinajstić information content (AvgIpc) is 1.81. The van der Waals surface area contributed by atoms with Gasteiger partial charge in [0, 0.05) is 12.4 Å². The Morgan fingerprint density at radius 2 is 1.88 bits per heavy atom. The molecule has 44 valence electrons. The van der Waals surface area contributed by atoms with Crippen LogP contribution in [0.3, 0.4) is 0 Å². The Morgan fingerprint density at radius 1 is 1.12 bits per heavy atom. The normalized spacial score (nSPS) is 12.8. The molecule has 0 bridgehead atoms. The van der Waals surface area contributed by atoms with Crippen LogP contribution in [0.1, 0.15) is 13.8 Å². The van der Waals surface area contributed by atoms with Crippen molar-refractivity contribution in [1.82, 2.24) is 0 Å². The standard InChI is InChI=1S/C7H11N/c1-3-5-6-7-8-4-2/h3-7H,1-2H3/b5-3-,7-6-,8-4?. The second-order valence-electron chi connectivity index (χ2n) is 1.27. The molecule has 0 N–H and O–H groups in total. The minimum atomic E-state index is 1.75. The van der Waals surface area contributed by atoms with E-state index < -0.39 is 0 Å². The lowest BCUT2D eigenvalue weighted by Gasteiger charge is -1.69. The van der Waals surface area contributed by atoms with Gasteiger partial charge in [0.15, 0.2) is 0 Å². The maximum atomic E-state index is 3.85. The first kappa shape index (κ1) is 7.15. The summed E-state index contributed by atoms with van der Waals surface area (Å²) in [4.78, 5) is 3.85. The van der Waals surface area contributed by atoms with E-state index in [1.807, 2.05) is 32.1 Å². The molecule has 0 radical (unpaired) electrons. The van der Waals surface area contributed by atoms with Crippen LogP contribution in [0.25, 0.3) is 0 Å². The first-order valence-electron chi connectivity index (χ1n) is 2.67. The first-order chi connectivity index (χ1) is 3.91. The highest BCUT2D eigenvalue weighted by Crippen LogP contribution is 1.75. The lowest BCUT2D eigenvalue weighted by atomic mass is 10.5. The zero-order valence-electron chi connectivity index (χ0n) is 5.33. The van der Waals surface area contributed by atoms with Gasteiger partial charge in [-0.3, -0.25) is 4.99 Å². The molecule has 0 aromatic carbocycles. The fourth-order valence-corrected chi connectivity index (χ4v) is 0.297. The molecule has 0 spiro atoms. The van der Waals surface area contributed by atoms with E-state index in [2.05, 4.69) is 4.99 Å². The molecule has 0 rings (SSSR count). The number of rotatable bonds is 2. The van der Waals surface area contributed by atoms with E-state index in [9.17, 15) is 0 Å². The summed E-state index contributed by atoms with van der Waals surface area (Å²) < 4.78 is 0. The first-order valence-corrected chi connectivity index (χ1v) is 2.67. The molecule has 0 aromatic rings. The fraction of sp³-hybridized carbons (Fsp3) is 0.286. The van der Waals surface area contributed by atoms with Crippen molar-refractivity contribution in [2.45, 2.75) is 13.8 Å². The third-order valence-corrected chi connectivity index (χ3v) is 0.625. The van der Waals surface area contributed by atoms with Crippen molar-refractivity contribution in [2.75, 3.05) is 0 Å². The van der Waals surface area contributed by atoms with E-state index in [4.69, 9.17) is 0 Å². The van der Waals surface area contributed by atoms with Crippen LogP contribution in [0.4, 0.5) is 0 Å². The SMILES string of the molecule is CC=N/C=C\C=C/C. The Labute approximate surface area is 50.4 Å². The van der Waals surface area contributed by atoms with E-state index in [0.29, 0.717) is 0 Å². The van der Waals surface area contributed by atoms with Gasteiger partial charge in [-0.2, -0.15) is 0 Å². The van der Waals surface area contributed by atoms with Crippen LogP contribution >= 0.6 is 0 Å². The molecule has 0 atom stereocenters. The summed E-state index contributed by atoms with van der Waals surface area (Å²) in [6.45, 7) is 3.86. The van der Waals surface area contributed by atoms with E-state index >= 15 is 0 Å². The molecule has 1 heteroatoms. The van der Waals surface area contributed by atoms with Crippen LogP contribution in [0.15, 0.2) is 29.4 Å². The fourth-order valence-electron chi connectivity index (χ4n) is 0.297. The molecule has 1 nitrogen and oxygen atoms in total. The summed E-state index contributed by atoms with van der Waals surface area (Å²) in [5, 5.41) is 0. The monoisotopic (exact) mass is 109 g/mol. The van der Waals surface area contributed by atoms with Crippen LogP contribution in [0, 0.1) is 0 Å². The minimum Gasteiger partial charge on any atom is -0.269 e. The van der Waals surface area contributed by atoms with Crippen LogP contribution < -0.4 is 0 Å². The van der Waals surface area contributed by atoms with Crippen LogP contribution in [0.5, 0.6) is 0 Å². The largest absolute Gasteiger partial charge is 0.269 e. The molecule has 0 unspecified atom stereocenters. The van der Waals surface area contributed by atoms with Gasteiger partial charge in [0.2, 0.25) is 0 Å². The third-order valence-electron chi connectivity index (χ3n) is 0.625. The third kappa shape index (κ3) is 5.15. The molecule has 0 saturated carbocycles. The molecule has 0 aliphatic rings. The lowest BCUT2D eigenvalue weighted by molar-refractivity contribution is 1.57. The Balaban J connectivity index is 3.35. The summed E-state index contributed by atoms with van der Waals surface area (Å²) >= 11 is 0. The van der Waals surface area contributed by atoms with Crippen LogP contribution in [-0.4, -0.2) is 6.21 Å². The molecule has 8 heavy (non-hydrogen) atoms. The van der Waals surface area contributed by atoms with Crippen molar-refractivity contribution in [1.29, 1.82) is 0 Å². The van der Waals surface area contributed by atoms with Gasteiger partial charge in [-0.05, 0) is 19.9 Å². The number of allylic oxidation sites excluding steroid dienone is 3. The van der Waals surface area contributed by atoms with Crippen molar-refractivity contribution < 1.29 is 0 Å². The Kier molecular flexibility index (Phi) is 5.50. The second kappa shape index (κ2) is 6.15. The summed E-state index contributed by atoms with van der Waals surface area (Å²) in [5.41, 5.74) is 0. The van der Waals surface area contributed by atoms with Crippen LogP contribution in [0.2, 0.25) is 0 Å². The van der Waals surface area contributed by atoms with Gasteiger partial charge in [0.1, 0.15) is 0 Å². The zero-order chi connectivity index (χ0) is 6.24. The zero-order valence-corrected chi connectivity index (χ0v) is 5.33. The average molecular weight is 109 g/mol. The van der Waals surface area contributed by atoms with Gasteiger partial charge in [0.05, 0.1) is 0 Å². The predicted molar refractivity (Wildman–Crippen MR) is 38.1 cm³/mol. The number of aliphatic imine (C=N–C) groups is 1. The summed E-state index contributed by atoms with van der Waals surface area (Å²) in [7, 11) is 0. The highest BCUT2D eigenvalue weighted by atomic mass is 14.6. The topological polar surface area (TPSA) is 12.4 Å². The van der Waals surface area contributed by atoms with E-state index in [1.165, 1.54) is 0 Å². The van der Waals surface area contributed by atoms with Gasteiger partial charge in [-0.15, -0.1) is 0 Å². The van der Waals surface area contributed by atoms with Gasteiger partial charge >= 0.3 is 0 Å². The van der Waals surface area contributed by atoms with Crippen LogP contribution in [-0.2, 0) is 0 Å². The van der Waals surface area contributed by atoms with Crippen molar-refractivity contribution in [3.8, 4) is 0 Å². The molecule has 0 aliphatic carbocycles. The highest BCUT2D eigenvalue weighted by molar-refractivity contribution is 5.54. The van der Waals surface area contributed by atoms with Gasteiger partial charge < -0.3 is 0 Å². The minimum absolute atomic E-state index is 1.75. The van der Waals surface area contributed by atoms with E-state index in [1.54, 1.807) is 12.4 Å². The Hall–Kier alpha value is -0.850. The Morgan fingerprint density at radius 3 is 2.38 bits per heavy atom. The predicted octanol–water partition coefficient (Wildman–Crippen LogP) is 2.17. The number of nitrogens with zero attached hydrogens (tertiary/aromatic N) is 1. The summed E-state index contributed by atoms with van der Waals surface area (Å²) in [5.74, 6) is 0. The highest BCUT2D eigenvalue weighted by Gasteiger charge is 1.55. The maximum Gasteiger partial charge on any atom is 0.0263 e. The number of hydrogen-bond donors (Lipinski definition) is 0. The van der Waals surface area contributed by atoms with Crippen molar-refractivity contribution in [3.63, 3.8) is 0 Å².